The second-order valence-corrected chi connectivity index (χ2v) is 6.25. The van der Waals surface area contributed by atoms with E-state index in [0.717, 1.165) is 15.3 Å². The molecule has 0 saturated heterocycles. The highest BCUT2D eigenvalue weighted by molar-refractivity contribution is 6.04. The van der Waals surface area contributed by atoms with Gasteiger partial charge in [0, 0.05) is 7.05 Å². The lowest BCUT2D eigenvalue weighted by molar-refractivity contribution is -0.374. The van der Waals surface area contributed by atoms with Gasteiger partial charge in [-0.3, -0.25) is 4.79 Å². The van der Waals surface area contributed by atoms with Crippen LogP contribution in [0.5, 0.6) is 5.75 Å². The fourth-order valence-electron chi connectivity index (χ4n) is 3.40. The van der Waals surface area contributed by atoms with Gasteiger partial charge >= 0.3 is 11.4 Å². The molecule has 8 nitrogen and oxygen atoms in total. The molecule has 2 heterocycles. The molecule has 2 aromatic carbocycles. The summed E-state index contributed by atoms with van der Waals surface area (Å²) in [4.78, 5) is 42.8. The van der Waals surface area contributed by atoms with Crippen molar-refractivity contribution in [2.75, 3.05) is 7.11 Å². The summed E-state index contributed by atoms with van der Waals surface area (Å²) in [6, 6.07) is 11.3. The Kier molecular flexibility index (Phi) is 3.69. The van der Waals surface area contributed by atoms with Crippen LogP contribution in [0, 0.1) is 0 Å². The Morgan fingerprint density at radius 1 is 1.00 bits per heavy atom. The number of ether oxygens (including phenoxy) is 1. The van der Waals surface area contributed by atoms with E-state index >= 15 is 0 Å². The molecule has 0 bridgehead atoms. The summed E-state index contributed by atoms with van der Waals surface area (Å²) in [5.74, 6) is 0.507. The van der Waals surface area contributed by atoms with Gasteiger partial charge in [-0.15, -0.1) is 0 Å². The second kappa shape index (κ2) is 5.94. The van der Waals surface area contributed by atoms with E-state index in [1.807, 2.05) is 30.3 Å². The maximum atomic E-state index is 12.9. The summed E-state index contributed by atoms with van der Waals surface area (Å²) in [5, 5.41) is 1.95. The number of nitrogens with zero attached hydrogens (tertiary/aromatic N) is 2. The van der Waals surface area contributed by atoms with Crippen molar-refractivity contribution in [3.05, 3.63) is 67.7 Å². The number of fused-ring (bicyclic) bond motifs is 2. The molecule has 2 aromatic heterocycles. The molecule has 0 unspecified atom stereocenters. The molecule has 27 heavy (non-hydrogen) atoms. The number of hydrogen-bond acceptors (Lipinski definition) is 4. The van der Waals surface area contributed by atoms with E-state index in [9.17, 15) is 14.4 Å². The number of methoxy groups -OCH3 is 1. The van der Waals surface area contributed by atoms with E-state index in [4.69, 9.17) is 4.74 Å². The summed E-state index contributed by atoms with van der Waals surface area (Å²) < 4.78 is 7.76. The van der Waals surface area contributed by atoms with Crippen LogP contribution in [0.25, 0.3) is 33.1 Å². The van der Waals surface area contributed by atoms with Gasteiger partial charge in [0.2, 0.25) is 5.65 Å². The van der Waals surface area contributed by atoms with Crippen molar-refractivity contribution in [1.82, 2.24) is 14.1 Å². The molecule has 8 heteroatoms. The van der Waals surface area contributed by atoms with Crippen molar-refractivity contribution in [3.8, 4) is 17.0 Å². The zero-order valence-corrected chi connectivity index (χ0v) is 15.0. The molecule has 4 aromatic rings. The number of benzene rings is 2. The molecule has 136 valence electrons. The van der Waals surface area contributed by atoms with E-state index in [1.54, 1.807) is 6.07 Å². The number of aromatic nitrogens is 4. The first kappa shape index (κ1) is 16.8. The molecular weight excluding hydrogens is 348 g/mol. The monoisotopic (exact) mass is 365 g/mol. The minimum atomic E-state index is -0.532. The summed E-state index contributed by atoms with van der Waals surface area (Å²) in [7, 11) is 4.43. The van der Waals surface area contributed by atoms with Crippen LogP contribution in [0.1, 0.15) is 0 Å². The molecule has 0 saturated carbocycles. The Balaban J connectivity index is 2.32. The van der Waals surface area contributed by atoms with E-state index in [0.29, 0.717) is 17.0 Å². The maximum Gasteiger partial charge on any atom is 0.439 e. The highest BCUT2D eigenvalue weighted by Crippen LogP contribution is 2.37. The van der Waals surface area contributed by atoms with Crippen molar-refractivity contribution >= 4 is 21.8 Å². The van der Waals surface area contributed by atoms with Crippen molar-refractivity contribution in [1.29, 1.82) is 0 Å². The van der Waals surface area contributed by atoms with Gasteiger partial charge in [0.15, 0.2) is 5.39 Å². The minimum absolute atomic E-state index is 0.150. The Morgan fingerprint density at radius 3 is 2.48 bits per heavy atom. The molecular formula is C19H17N4O4+. The lowest BCUT2D eigenvalue weighted by Crippen LogP contribution is -2.43. The summed E-state index contributed by atoms with van der Waals surface area (Å²) in [6.45, 7) is 0. The topological polar surface area (TPSA) is 100 Å². The molecule has 0 spiro atoms. The minimum Gasteiger partial charge on any atom is -0.496 e. The summed E-state index contributed by atoms with van der Waals surface area (Å²) in [6.07, 6.45) is 0. The Bertz CT molecular complexity index is 1400. The van der Waals surface area contributed by atoms with Crippen LogP contribution in [0.15, 0.2) is 50.8 Å². The summed E-state index contributed by atoms with van der Waals surface area (Å²) in [5.41, 5.74) is -0.524. The number of nitrogens with one attached hydrogen (secondary N) is 2. The SMILES string of the molecule is COc1ccc2ccccc2c1-c1[nH]c(=O)[nH+]c2c1c(=O)n(C)c(=O)n2C. The van der Waals surface area contributed by atoms with Crippen LogP contribution < -0.4 is 26.7 Å². The largest absolute Gasteiger partial charge is 0.496 e. The smallest absolute Gasteiger partial charge is 0.439 e. The average Bonchev–Trinajstić information content (AvgIpc) is 2.69. The van der Waals surface area contributed by atoms with Gasteiger partial charge in [-0.25, -0.2) is 28.7 Å². The number of H-pyrrole nitrogens is 2. The third-order valence-corrected chi connectivity index (χ3v) is 4.75. The zero-order chi connectivity index (χ0) is 19.3. The average molecular weight is 365 g/mol. The van der Waals surface area contributed by atoms with Gasteiger partial charge < -0.3 is 4.74 Å². The fourth-order valence-corrected chi connectivity index (χ4v) is 3.40. The van der Waals surface area contributed by atoms with Gasteiger partial charge in [0.1, 0.15) is 11.4 Å². The molecule has 0 radical (unpaired) electrons. The first-order valence-electron chi connectivity index (χ1n) is 8.25. The molecule has 0 aliphatic rings. The third kappa shape index (κ3) is 2.37. The van der Waals surface area contributed by atoms with Crippen molar-refractivity contribution in [2.24, 2.45) is 14.1 Å². The van der Waals surface area contributed by atoms with Crippen LogP contribution in [0.2, 0.25) is 0 Å². The third-order valence-electron chi connectivity index (χ3n) is 4.75. The first-order chi connectivity index (χ1) is 12.9. The zero-order valence-electron chi connectivity index (χ0n) is 15.0. The summed E-state index contributed by atoms with van der Waals surface area (Å²) >= 11 is 0. The van der Waals surface area contributed by atoms with Crippen molar-refractivity contribution < 1.29 is 9.72 Å². The standard InChI is InChI=1S/C19H16N4O4/c1-22-16-14(17(24)23(2)19(22)26)15(20-18(25)21-16)13-11-7-5-4-6-10(11)8-9-12(13)27-3/h4-9H,1-3H3,(H,20,21,25)/p+1. The Hall–Kier alpha value is -3.68. The molecule has 2 N–H and O–H groups in total. The van der Waals surface area contributed by atoms with Gasteiger partial charge in [0.05, 0.1) is 19.7 Å². The van der Waals surface area contributed by atoms with Crippen LogP contribution in [-0.2, 0) is 14.1 Å². The molecule has 0 aliphatic carbocycles. The normalized spacial score (nSPS) is 11.2. The van der Waals surface area contributed by atoms with Crippen molar-refractivity contribution in [3.63, 3.8) is 0 Å². The fraction of sp³-hybridized carbons (Fsp3) is 0.158. The van der Waals surface area contributed by atoms with Crippen LogP contribution in [0.4, 0.5) is 0 Å². The number of rotatable bonds is 2. The molecule has 0 atom stereocenters. The predicted octanol–water partition coefficient (Wildman–Crippen LogP) is 0.568. The lowest BCUT2D eigenvalue weighted by Gasteiger charge is -2.12. The van der Waals surface area contributed by atoms with Gasteiger partial charge in [-0.2, -0.15) is 0 Å². The maximum absolute atomic E-state index is 12.9. The van der Waals surface area contributed by atoms with Crippen molar-refractivity contribution in [2.45, 2.75) is 0 Å². The molecule has 0 fully saturated rings. The quantitative estimate of drug-likeness (QED) is 0.561. The Morgan fingerprint density at radius 2 is 1.74 bits per heavy atom. The lowest BCUT2D eigenvalue weighted by atomic mass is 9.99. The van der Waals surface area contributed by atoms with E-state index in [1.165, 1.54) is 25.8 Å². The first-order valence-corrected chi connectivity index (χ1v) is 8.25. The van der Waals surface area contributed by atoms with Crippen LogP contribution >= 0.6 is 0 Å². The van der Waals surface area contributed by atoms with Gasteiger partial charge in [-0.05, 0) is 16.8 Å². The van der Waals surface area contributed by atoms with Gasteiger partial charge in [-0.1, -0.05) is 30.3 Å². The Labute approximate surface area is 152 Å². The van der Waals surface area contributed by atoms with E-state index < -0.39 is 16.9 Å². The highest BCUT2D eigenvalue weighted by Gasteiger charge is 2.24. The molecule has 4 rings (SSSR count). The second-order valence-electron chi connectivity index (χ2n) is 6.25. The van der Waals surface area contributed by atoms with E-state index in [2.05, 4.69) is 9.97 Å². The van der Waals surface area contributed by atoms with Crippen LogP contribution in [-0.4, -0.2) is 21.2 Å². The number of hydrogen-bond donors (Lipinski definition) is 1. The molecule has 0 amide bonds. The van der Waals surface area contributed by atoms with Crippen LogP contribution in [0.3, 0.4) is 0 Å². The van der Waals surface area contributed by atoms with Gasteiger partial charge in [0.25, 0.3) is 5.56 Å². The highest BCUT2D eigenvalue weighted by atomic mass is 16.5. The van der Waals surface area contributed by atoms with E-state index in [-0.39, 0.29) is 11.0 Å². The molecule has 0 aliphatic heterocycles. The predicted molar refractivity (Wildman–Crippen MR) is 101 cm³/mol. The number of aromatic amines is 2. The number of aryl methyl sites for hydroxylation is 1.